The highest BCUT2D eigenvalue weighted by molar-refractivity contribution is 9.10. The Labute approximate surface area is 164 Å². The van der Waals surface area contributed by atoms with E-state index >= 15 is 0 Å². The van der Waals surface area contributed by atoms with Gasteiger partial charge >= 0.3 is 0 Å². The molecule has 0 unspecified atom stereocenters. The molecule has 0 atom stereocenters. The maximum Gasteiger partial charge on any atom is 0.238 e. The molecule has 1 aliphatic heterocycles. The number of hydrogen-bond donors (Lipinski definition) is 2. The minimum Gasteiger partial charge on any atom is -0.381 e. The Bertz CT molecular complexity index is 709. The molecule has 138 valence electrons. The van der Waals surface area contributed by atoms with Crippen LogP contribution in [-0.4, -0.2) is 30.4 Å². The van der Waals surface area contributed by atoms with Crippen molar-refractivity contribution in [3.63, 3.8) is 0 Å². The summed E-state index contributed by atoms with van der Waals surface area (Å²) in [6.45, 7) is 3.31. The van der Waals surface area contributed by atoms with Crippen LogP contribution in [0.5, 0.6) is 0 Å². The van der Waals surface area contributed by atoms with Gasteiger partial charge in [0.15, 0.2) is 0 Å². The molecule has 0 spiro atoms. The van der Waals surface area contributed by atoms with Gasteiger partial charge in [-0.15, -0.1) is 0 Å². The zero-order valence-electron chi connectivity index (χ0n) is 15.0. The zero-order chi connectivity index (χ0) is 18.2. The van der Waals surface area contributed by atoms with Gasteiger partial charge in [-0.3, -0.25) is 9.69 Å². The number of benzene rings is 2. The van der Waals surface area contributed by atoms with Crippen LogP contribution in [-0.2, 0) is 11.3 Å². The first-order valence-corrected chi connectivity index (χ1v) is 10.1. The standard InChI is InChI=1S/C21H26BrN3O/c22-20-8-4-3-7-17(20)15-23-18-9-11-19(12-10-18)24-21(26)16-25-13-5-1-2-6-14-25/h3-4,7-12,23H,1-2,5-6,13-16H2,(H,24,26). The molecule has 0 saturated carbocycles. The number of halogens is 1. The van der Waals surface area contributed by atoms with Crippen molar-refractivity contribution in [2.45, 2.75) is 32.2 Å². The van der Waals surface area contributed by atoms with E-state index in [-0.39, 0.29) is 5.91 Å². The second-order valence-corrected chi connectivity index (χ2v) is 7.62. The van der Waals surface area contributed by atoms with Crippen molar-refractivity contribution < 1.29 is 4.79 Å². The lowest BCUT2D eigenvalue weighted by Gasteiger charge is -2.19. The molecule has 2 aromatic rings. The minimum absolute atomic E-state index is 0.0702. The molecule has 5 heteroatoms. The predicted molar refractivity (Wildman–Crippen MR) is 111 cm³/mol. The third-order valence-corrected chi connectivity index (χ3v) is 5.45. The lowest BCUT2D eigenvalue weighted by atomic mass is 10.2. The SMILES string of the molecule is O=C(CN1CCCCCC1)Nc1ccc(NCc2ccccc2Br)cc1. The second-order valence-electron chi connectivity index (χ2n) is 6.76. The highest BCUT2D eigenvalue weighted by Gasteiger charge is 2.13. The van der Waals surface area contributed by atoms with Crippen LogP contribution in [0.2, 0.25) is 0 Å². The summed E-state index contributed by atoms with van der Waals surface area (Å²) in [7, 11) is 0. The first-order chi connectivity index (χ1) is 12.7. The van der Waals surface area contributed by atoms with E-state index in [2.05, 4.69) is 37.5 Å². The maximum atomic E-state index is 12.3. The summed E-state index contributed by atoms with van der Waals surface area (Å²) in [5, 5.41) is 6.41. The smallest absolute Gasteiger partial charge is 0.238 e. The number of hydrogen-bond acceptors (Lipinski definition) is 3. The lowest BCUT2D eigenvalue weighted by molar-refractivity contribution is -0.117. The Morgan fingerprint density at radius 1 is 0.923 bits per heavy atom. The summed E-state index contributed by atoms with van der Waals surface area (Å²) < 4.78 is 1.10. The first-order valence-electron chi connectivity index (χ1n) is 9.30. The summed E-state index contributed by atoms with van der Waals surface area (Å²) in [4.78, 5) is 14.5. The van der Waals surface area contributed by atoms with Crippen LogP contribution >= 0.6 is 15.9 Å². The first kappa shape index (κ1) is 18.9. The normalized spacial score (nSPS) is 15.3. The average molecular weight is 416 g/mol. The van der Waals surface area contributed by atoms with Crippen LogP contribution in [0.4, 0.5) is 11.4 Å². The van der Waals surface area contributed by atoms with E-state index in [0.29, 0.717) is 6.54 Å². The number of carbonyl (C=O) groups excluding carboxylic acids is 1. The molecule has 1 aliphatic rings. The van der Waals surface area contributed by atoms with Gasteiger partial charge in [0.05, 0.1) is 6.54 Å². The molecular weight excluding hydrogens is 390 g/mol. The van der Waals surface area contributed by atoms with E-state index in [1.165, 1.54) is 31.2 Å². The molecule has 3 rings (SSSR count). The lowest BCUT2D eigenvalue weighted by Crippen LogP contribution is -2.33. The Hall–Kier alpha value is -1.85. The molecule has 4 nitrogen and oxygen atoms in total. The minimum atomic E-state index is 0.0702. The van der Waals surface area contributed by atoms with Crippen molar-refractivity contribution >= 4 is 33.2 Å². The third kappa shape index (κ3) is 5.85. The summed E-state index contributed by atoms with van der Waals surface area (Å²) in [6.07, 6.45) is 4.97. The van der Waals surface area contributed by atoms with Crippen molar-refractivity contribution in [2.75, 3.05) is 30.3 Å². The topological polar surface area (TPSA) is 44.4 Å². The van der Waals surface area contributed by atoms with Crippen molar-refractivity contribution in [1.29, 1.82) is 0 Å². The highest BCUT2D eigenvalue weighted by atomic mass is 79.9. The molecule has 0 aromatic heterocycles. The predicted octanol–water partition coefficient (Wildman–Crippen LogP) is 4.88. The van der Waals surface area contributed by atoms with Gasteiger partial charge in [-0.05, 0) is 61.8 Å². The molecule has 0 aliphatic carbocycles. The van der Waals surface area contributed by atoms with Crippen molar-refractivity contribution in [3.05, 3.63) is 58.6 Å². The number of anilines is 2. The molecular formula is C21H26BrN3O. The quantitative estimate of drug-likeness (QED) is 0.706. The molecule has 2 N–H and O–H groups in total. The van der Waals surface area contributed by atoms with E-state index in [0.717, 1.165) is 35.5 Å². The number of carbonyl (C=O) groups is 1. The van der Waals surface area contributed by atoms with Crippen LogP contribution in [0.15, 0.2) is 53.0 Å². The maximum absolute atomic E-state index is 12.3. The van der Waals surface area contributed by atoms with Crippen molar-refractivity contribution in [3.8, 4) is 0 Å². The molecule has 2 aromatic carbocycles. The number of nitrogens with one attached hydrogen (secondary N) is 2. The van der Waals surface area contributed by atoms with E-state index < -0.39 is 0 Å². The van der Waals surface area contributed by atoms with Crippen LogP contribution < -0.4 is 10.6 Å². The molecule has 26 heavy (non-hydrogen) atoms. The van der Waals surface area contributed by atoms with Gasteiger partial charge in [-0.1, -0.05) is 47.0 Å². The van der Waals surface area contributed by atoms with Crippen LogP contribution in [0.25, 0.3) is 0 Å². The van der Waals surface area contributed by atoms with E-state index in [4.69, 9.17) is 0 Å². The Balaban J connectivity index is 1.47. The van der Waals surface area contributed by atoms with Crippen LogP contribution in [0.3, 0.4) is 0 Å². The van der Waals surface area contributed by atoms with Crippen LogP contribution in [0, 0.1) is 0 Å². The molecule has 0 radical (unpaired) electrons. The number of nitrogens with zero attached hydrogens (tertiary/aromatic N) is 1. The van der Waals surface area contributed by atoms with Gasteiger partial charge in [0.2, 0.25) is 5.91 Å². The Morgan fingerprint density at radius 2 is 1.58 bits per heavy atom. The number of amides is 1. The van der Waals surface area contributed by atoms with Gasteiger partial charge < -0.3 is 10.6 Å². The van der Waals surface area contributed by atoms with Gasteiger partial charge in [-0.2, -0.15) is 0 Å². The molecule has 1 amide bonds. The van der Waals surface area contributed by atoms with E-state index in [1.807, 2.05) is 42.5 Å². The van der Waals surface area contributed by atoms with E-state index in [1.54, 1.807) is 0 Å². The molecule has 1 fully saturated rings. The summed E-state index contributed by atoms with van der Waals surface area (Å²) >= 11 is 3.56. The van der Waals surface area contributed by atoms with Gasteiger partial charge in [0.1, 0.15) is 0 Å². The number of likely N-dealkylation sites (tertiary alicyclic amines) is 1. The molecule has 0 bridgehead atoms. The fourth-order valence-electron chi connectivity index (χ4n) is 3.21. The average Bonchev–Trinajstić information content (AvgIpc) is 2.91. The zero-order valence-corrected chi connectivity index (χ0v) is 16.6. The number of rotatable bonds is 6. The molecule has 1 saturated heterocycles. The van der Waals surface area contributed by atoms with Gasteiger partial charge in [0, 0.05) is 22.4 Å². The summed E-state index contributed by atoms with van der Waals surface area (Å²) in [5.74, 6) is 0.0702. The van der Waals surface area contributed by atoms with Crippen LogP contribution in [0.1, 0.15) is 31.2 Å². The van der Waals surface area contributed by atoms with Crippen molar-refractivity contribution in [2.24, 2.45) is 0 Å². The van der Waals surface area contributed by atoms with Crippen molar-refractivity contribution in [1.82, 2.24) is 4.90 Å². The molecule has 1 heterocycles. The largest absolute Gasteiger partial charge is 0.381 e. The summed E-state index contributed by atoms with van der Waals surface area (Å²) in [6, 6.07) is 16.1. The fraction of sp³-hybridized carbons (Fsp3) is 0.381. The monoisotopic (exact) mass is 415 g/mol. The third-order valence-electron chi connectivity index (χ3n) is 4.68. The summed E-state index contributed by atoms with van der Waals surface area (Å²) in [5.41, 5.74) is 3.09. The highest BCUT2D eigenvalue weighted by Crippen LogP contribution is 2.19. The van der Waals surface area contributed by atoms with E-state index in [9.17, 15) is 4.79 Å². The Morgan fingerprint density at radius 3 is 2.27 bits per heavy atom. The van der Waals surface area contributed by atoms with Gasteiger partial charge in [0.25, 0.3) is 0 Å². The Kier molecular flexibility index (Phi) is 7.09. The fourth-order valence-corrected chi connectivity index (χ4v) is 3.63. The second kappa shape index (κ2) is 9.74. The van der Waals surface area contributed by atoms with Gasteiger partial charge in [-0.25, -0.2) is 0 Å².